The zero-order valence-corrected chi connectivity index (χ0v) is 65.8. The van der Waals surface area contributed by atoms with Gasteiger partial charge in [-0.05, 0) is 145 Å². The van der Waals surface area contributed by atoms with E-state index in [0.29, 0.717) is 24.2 Å². The Kier molecular flexibility index (Phi) is 38.2. The molecule has 0 unspecified atom stereocenters. The number of Topliss-reactive ketones (excluding diaryl/α,β-unsaturated/α-hetero) is 1. The third kappa shape index (κ3) is 28.3. The van der Waals surface area contributed by atoms with Crippen molar-refractivity contribution in [3.05, 3.63) is 363 Å². The normalized spacial score (nSPS) is 10.0. The Bertz CT molecular complexity index is 4370. The number of hydrazone groups is 2. The molecule has 103 heavy (non-hydrogen) atoms. The summed E-state index contributed by atoms with van der Waals surface area (Å²) in [6, 6.07) is 103. The minimum absolute atomic E-state index is 0.259. The van der Waals surface area contributed by atoms with Crippen LogP contribution in [-0.2, 0) is 12.8 Å². The molecule has 534 valence electrons. The second-order valence-corrected chi connectivity index (χ2v) is 26.6. The highest BCUT2D eigenvalue weighted by Crippen LogP contribution is 2.34. The number of nitrogens with two attached hydrogens (primary N) is 1. The predicted octanol–water partition coefficient (Wildman–Crippen LogP) is 26.6. The Morgan fingerprint density at radius 2 is 0.728 bits per heavy atom. The van der Waals surface area contributed by atoms with Crippen LogP contribution in [-0.4, -0.2) is 27.2 Å². The first-order valence-electron chi connectivity index (χ1n) is 36.7. The third-order valence-corrected chi connectivity index (χ3v) is 16.7. The van der Waals surface area contributed by atoms with Gasteiger partial charge in [-0.15, -0.1) is 0 Å². The molecule has 0 saturated carbocycles. The number of hydrogen-bond donors (Lipinski definition) is 4. The van der Waals surface area contributed by atoms with Gasteiger partial charge in [0, 0.05) is 71.0 Å². The van der Waals surface area contributed by atoms with Gasteiger partial charge >= 0.3 is 0 Å². The molecule has 0 aliphatic heterocycles. The van der Waals surface area contributed by atoms with Gasteiger partial charge in [0.15, 0.2) is 5.78 Å². The van der Waals surface area contributed by atoms with Gasteiger partial charge < -0.3 is 15.8 Å². The molecule has 0 spiro atoms. The minimum Gasteiger partial charge on any atom is -0.354 e. The molecule has 7 nitrogen and oxygen atoms in total. The smallest absolute Gasteiger partial charge is 0.162 e. The number of para-hydroxylation sites is 1. The Labute approximate surface area is 631 Å². The van der Waals surface area contributed by atoms with Crippen LogP contribution in [0.15, 0.2) is 314 Å². The first-order chi connectivity index (χ1) is 50.1. The van der Waals surface area contributed by atoms with E-state index in [-0.39, 0.29) is 5.78 Å². The van der Waals surface area contributed by atoms with Crippen LogP contribution >= 0.6 is 22.6 Å². The zero-order chi connectivity index (χ0) is 74.7. The highest BCUT2D eigenvalue weighted by atomic mass is 127. The molecule has 13 aromatic rings. The van der Waals surface area contributed by atoms with Crippen molar-refractivity contribution in [2.75, 3.05) is 5.43 Å². The highest BCUT2D eigenvalue weighted by molar-refractivity contribution is 14.1. The van der Waals surface area contributed by atoms with Gasteiger partial charge in [-0.3, -0.25) is 10.2 Å². The molecule has 8 heteroatoms. The van der Waals surface area contributed by atoms with E-state index in [9.17, 15) is 4.79 Å². The Morgan fingerprint density at radius 1 is 0.388 bits per heavy atom. The maximum atomic E-state index is 11.5. The number of H-pyrrole nitrogens is 2. The molecular formula is C95H111IN6O. The number of carbonyl (C=O) groups excluding carboxylic acids is 1. The van der Waals surface area contributed by atoms with E-state index >= 15 is 0 Å². The second kappa shape index (κ2) is 47.1. The minimum atomic E-state index is 0.259. The fourth-order valence-corrected chi connectivity index (χ4v) is 11.3. The first kappa shape index (κ1) is 83.5. The predicted molar refractivity (Wildman–Crippen MR) is 458 cm³/mol. The lowest BCUT2D eigenvalue weighted by atomic mass is 9.96. The van der Waals surface area contributed by atoms with Crippen molar-refractivity contribution in [3.63, 3.8) is 0 Å². The number of rotatable bonds is 16. The number of carbonyl (C=O) groups is 1. The fourth-order valence-electron chi connectivity index (χ4n) is 11.0. The number of nitrogens with one attached hydrogen (secondary N) is 3. The number of aromatic amines is 2. The van der Waals surface area contributed by atoms with Crippen molar-refractivity contribution in [1.82, 2.24) is 9.97 Å². The molecule has 2 aromatic heterocycles. The van der Waals surface area contributed by atoms with E-state index in [0.717, 1.165) is 64.2 Å². The van der Waals surface area contributed by atoms with Crippen molar-refractivity contribution in [1.29, 1.82) is 0 Å². The zero-order valence-electron chi connectivity index (χ0n) is 63.7. The van der Waals surface area contributed by atoms with E-state index in [1.165, 1.54) is 75.7 Å². The molecule has 0 bridgehead atoms. The topological polar surface area (TPSA) is 111 Å². The van der Waals surface area contributed by atoms with Crippen molar-refractivity contribution in [2.24, 2.45) is 33.8 Å². The van der Waals surface area contributed by atoms with Crippen LogP contribution in [0.2, 0.25) is 0 Å². The number of aromatic nitrogens is 2. The summed E-state index contributed by atoms with van der Waals surface area (Å²) in [5.74, 6) is 7.59. The number of halogens is 1. The van der Waals surface area contributed by atoms with Gasteiger partial charge in [0.1, 0.15) is 0 Å². The van der Waals surface area contributed by atoms with Crippen LogP contribution in [0.3, 0.4) is 0 Å². The third-order valence-electron chi connectivity index (χ3n) is 15.9. The van der Waals surface area contributed by atoms with E-state index in [1.54, 1.807) is 0 Å². The van der Waals surface area contributed by atoms with Crippen molar-refractivity contribution >= 4 is 67.3 Å². The van der Waals surface area contributed by atoms with Crippen LogP contribution in [0.4, 0.5) is 5.69 Å². The molecular weight excluding hydrogens is 1370 g/mol. The lowest BCUT2D eigenvalue weighted by Crippen LogP contribution is -2.06. The Morgan fingerprint density at radius 3 is 1.12 bits per heavy atom. The molecule has 2 heterocycles. The lowest BCUT2D eigenvalue weighted by molar-refractivity contribution is 0.0975. The van der Waals surface area contributed by atoms with Crippen molar-refractivity contribution in [2.45, 2.75) is 130 Å². The summed E-state index contributed by atoms with van der Waals surface area (Å²) in [5.41, 5.74) is 25.3. The molecule has 11 aromatic carbocycles. The van der Waals surface area contributed by atoms with Crippen molar-refractivity contribution < 1.29 is 4.79 Å². The summed E-state index contributed by atoms with van der Waals surface area (Å²) in [4.78, 5) is 18.7. The second-order valence-electron chi connectivity index (χ2n) is 25.4. The summed E-state index contributed by atoms with van der Waals surface area (Å²) < 4.78 is 1.30. The average molecular weight is 1480 g/mol. The van der Waals surface area contributed by atoms with E-state index in [4.69, 9.17) is 5.84 Å². The van der Waals surface area contributed by atoms with Crippen LogP contribution in [0.5, 0.6) is 0 Å². The monoisotopic (exact) mass is 1480 g/mol. The largest absolute Gasteiger partial charge is 0.354 e. The Balaban J connectivity index is 0.000000223. The quantitative estimate of drug-likeness (QED) is 0.0254. The van der Waals surface area contributed by atoms with Crippen molar-refractivity contribution in [3.8, 4) is 22.5 Å². The lowest BCUT2D eigenvalue weighted by Gasteiger charge is -2.08. The molecule has 0 radical (unpaired) electrons. The average Bonchev–Trinajstić information content (AvgIpc) is 1.65. The number of benzene rings is 11. The molecule has 5 N–H and O–H groups in total. The van der Waals surface area contributed by atoms with E-state index in [2.05, 4.69) is 274 Å². The standard InChI is InChI=1S/C20H18N2.C19H21N.C18H19N.C13H12N2.C12H16O.C7H7I.3C2H6/c1-16-12-14-19(15-13-16)21-22-20(17-8-4-2-5-9-17)18-10-6-3-7-11-18;1-13(2)11-17-16-12-14(3)9-10-18(16)20-19(17)15-7-5-4-6-8-15;1-13(2)12-16-15-10-6-7-11-17(15)19-18(16)14-8-4-3-5-9-14;14-15-13(11-7-3-1-4-8-11)12-9-5-2-6-10-12;1-10(2)8-9-12(13)11-6-4-3-5-7-11;1-6-2-4-7(8)5-3-6;3*1-2/h2-15,21H,1H3;4-10,12-13,20H,11H2,1-3H3;3-11,13,19H,12H2,1-2H3;1-10H,14H2;3-7,10H,8-9H2,1-2H3;2-5H,1H3;3*1-2H3. The molecule has 13 rings (SSSR count). The molecule has 0 amide bonds. The number of nitrogens with zero attached hydrogens (tertiary/aromatic N) is 2. The van der Waals surface area contributed by atoms with Gasteiger partial charge in [-0.2, -0.15) is 10.2 Å². The summed E-state index contributed by atoms with van der Waals surface area (Å²) in [6.45, 7) is 31.7. The van der Waals surface area contributed by atoms with Gasteiger partial charge in [0.25, 0.3) is 0 Å². The van der Waals surface area contributed by atoms with Gasteiger partial charge in [0.05, 0.1) is 17.1 Å². The molecule has 0 atom stereocenters. The SMILES string of the molecule is CC.CC.CC.CC(C)CCC(=O)c1ccccc1.CC(C)Cc1c(-c2ccccc2)[nH]c2ccccc12.Cc1ccc(I)cc1.Cc1ccc(NN=C(c2ccccc2)c2ccccc2)cc1.Cc1ccc2[nH]c(-c3ccccc3)c(CC(C)C)c2c1.NN=C(c1ccccc1)c1ccccc1. The molecule has 0 aliphatic carbocycles. The number of ketones is 1. The van der Waals surface area contributed by atoms with Crippen LogP contribution in [0, 0.1) is 42.1 Å². The summed E-state index contributed by atoms with van der Waals surface area (Å²) in [6.07, 6.45) is 3.86. The Hall–Kier alpha value is -10.2. The van der Waals surface area contributed by atoms with Gasteiger partial charge in [-0.1, -0.05) is 361 Å². The summed E-state index contributed by atoms with van der Waals surface area (Å²) >= 11 is 2.30. The van der Waals surface area contributed by atoms with E-state index in [1.807, 2.05) is 181 Å². The summed E-state index contributed by atoms with van der Waals surface area (Å²) in [7, 11) is 0. The van der Waals surface area contributed by atoms with E-state index < -0.39 is 0 Å². The summed E-state index contributed by atoms with van der Waals surface area (Å²) in [5, 5.41) is 11.2. The van der Waals surface area contributed by atoms with Gasteiger partial charge in [-0.25, -0.2) is 0 Å². The number of fused-ring (bicyclic) bond motifs is 2. The van der Waals surface area contributed by atoms with Crippen LogP contribution in [0.1, 0.15) is 156 Å². The molecule has 0 aliphatic rings. The number of hydrogen-bond acceptors (Lipinski definition) is 5. The fraction of sp³-hybridized carbons (Fsp3) is 0.232. The maximum absolute atomic E-state index is 11.5. The number of aryl methyl sites for hydroxylation is 3. The molecule has 0 fully saturated rings. The first-order valence-corrected chi connectivity index (χ1v) is 37.7. The molecule has 0 saturated heterocycles. The number of anilines is 1. The van der Waals surface area contributed by atoms with Crippen LogP contribution < -0.4 is 11.3 Å². The highest BCUT2D eigenvalue weighted by Gasteiger charge is 2.16. The maximum Gasteiger partial charge on any atom is 0.162 e. The van der Waals surface area contributed by atoms with Crippen LogP contribution in [0.25, 0.3) is 44.3 Å². The van der Waals surface area contributed by atoms with Gasteiger partial charge in [0.2, 0.25) is 0 Å².